The Balaban J connectivity index is 1.72. The van der Waals surface area contributed by atoms with Gasteiger partial charge in [-0.15, -0.1) is 11.3 Å². The molecule has 2 fully saturated rings. The molecule has 110 valence electrons. The zero-order valence-electron chi connectivity index (χ0n) is 11.4. The number of thiophene rings is 1. The van der Waals surface area contributed by atoms with Gasteiger partial charge in [0.25, 0.3) is 5.91 Å². The summed E-state index contributed by atoms with van der Waals surface area (Å²) in [5.41, 5.74) is 0.824. The maximum atomic E-state index is 12.8. The van der Waals surface area contributed by atoms with Crippen molar-refractivity contribution < 1.29 is 4.79 Å². The van der Waals surface area contributed by atoms with Crippen molar-refractivity contribution in [2.24, 2.45) is 5.92 Å². The summed E-state index contributed by atoms with van der Waals surface area (Å²) < 4.78 is 1.96. The van der Waals surface area contributed by atoms with E-state index in [1.165, 1.54) is 44.9 Å². The molecule has 0 aromatic carbocycles. The van der Waals surface area contributed by atoms with Crippen molar-refractivity contribution in [3.63, 3.8) is 0 Å². The first-order chi connectivity index (χ1) is 9.65. The van der Waals surface area contributed by atoms with E-state index in [2.05, 4.69) is 36.8 Å². The van der Waals surface area contributed by atoms with E-state index in [1.54, 1.807) is 11.3 Å². The fraction of sp³-hybridized carbons (Fsp3) is 0.667. The van der Waals surface area contributed by atoms with E-state index < -0.39 is 0 Å². The van der Waals surface area contributed by atoms with Crippen LogP contribution in [0.3, 0.4) is 0 Å². The van der Waals surface area contributed by atoms with E-state index in [0.717, 1.165) is 19.7 Å². The highest BCUT2D eigenvalue weighted by molar-refractivity contribution is 9.12. The molecule has 0 spiro atoms. The predicted molar refractivity (Wildman–Crippen MR) is 90.4 cm³/mol. The summed E-state index contributed by atoms with van der Waals surface area (Å²) >= 11 is 8.57. The third kappa shape index (κ3) is 3.47. The Labute approximate surface area is 141 Å². The van der Waals surface area contributed by atoms with E-state index in [4.69, 9.17) is 0 Å². The molecule has 2 nitrogen and oxygen atoms in total. The van der Waals surface area contributed by atoms with E-state index in [9.17, 15) is 4.79 Å². The standard InChI is InChI=1S/C15H19Br2NOS/c16-13-8-12(14(17)20-13)15(19)18(11-6-7-11)9-10-4-2-1-3-5-10/h8,10-11H,1-7,9H2. The first kappa shape index (κ1) is 15.0. The molecule has 1 amide bonds. The highest BCUT2D eigenvalue weighted by Crippen LogP contribution is 2.36. The van der Waals surface area contributed by atoms with Crippen molar-refractivity contribution in [1.29, 1.82) is 0 Å². The van der Waals surface area contributed by atoms with Crippen LogP contribution < -0.4 is 0 Å². The van der Waals surface area contributed by atoms with Gasteiger partial charge in [0, 0.05) is 12.6 Å². The molecule has 0 radical (unpaired) electrons. The zero-order valence-corrected chi connectivity index (χ0v) is 15.4. The molecule has 2 aliphatic carbocycles. The Kier molecular flexibility index (Phi) is 4.88. The quantitative estimate of drug-likeness (QED) is 0.633. The lowest BCUT2D eigenvalue weighted by atomic mass is 9.89. The number of carbonyl (C=O) groups is 1. The third-order valence-electron chi connectivity index (χ3n) is 4.32. The lowest BCUT2D eigenvalue weighted by Gasteiger charge is -2.30. The van der Waals surface area contributed by atoms with Crippen LogP contribution in [-0.2, 0) is 0 Å². The summed E-state index contributed by atoms with van der Waals surface area (Å²) in [6.45, 7) is 0.962. The monoisotopic (exact) mass is 419 g/mol. The predicted octanol–water partition coefficient (Wildman–Crippen LogP) is 5.46. The summed E-state index contributed by atoms with van der Waals surface area (Å²) in [7, 11) is 0. The van der Waals surface area contributed by atoms with Gasteiger partial charge in [0.1, 0.15) is 0 Å². The van der Waals surface area contributed by atoms with Crippen LogP contribution in [0.4, 0.5) is 0 Å². The largest absolute Gasteiger partial charge is 0.335 e. The molecular formula is C15H19Br2NOS. The lowest BCUT2D eigenvalue weighted by molar-refractivity contribution is 0.0698. The first-order valence-electron chi connectivity index (χ1n) is 7.41. The van der Waals surface area contributed by atoms with Crippen LogP contribution in [-0.4, -0.2) is 23.4 Å². The zero-order chi connectivity index (χ0) is 14.1. The molecule has 0 N–H and O–H groups in total. The minimum absolute atomic E-state index is 0.215. The first-order valence-corrected chi connectivity index (χ1v) is 9.81. The van der Waals surface area contributed by atoms with Crippen LogP contribution in [0.2, 0.25) is 0 Å². The van der Waals surface area contributed by atoms with Gasteiger partial charge in [-0.25, -0.2) is 0 Å². The number of halogens is 2. The molecule has 2 aliphatic rings. The molecule has 0 unspecified atom stereocenters. The SMILES string of the molecule is O=C(c1cc(Br)sc1Br)N(CC1CCCCC1)C1CC1. The molecule has 2 saturated carbocycles. The van der Waals surface area contributed by atoms with Crippen LogP contribution in [0.25, 0.3) is 0 Å². The van der Waals surface area contributed by atoms with Crippen LogP contribution in [0.15, 0.2) is 13.6 Å². The number of amides is 1. The maximum absolute atomic E-state index is 12.8. The van der Waals surface area contributed by atoms with Gasteiger partial charge in [-0.3, -0.25) is 4.79 Å². The summed E-state index contributed by atoms with van der Waals surface area (Å²) in [6.07, 6.45) is 9.01. The Morgan fingerprint density at radius 1 is 1.20 bits per heavy atom. The summed E-state index contributed by atoms with van der Waals surface area (Å²) in [4.78, 5) is 15.0. The average molecular weight is 421 g/mol. The maximum Gasteiger partial charge on any atom is 0.256 e. The fourth-order valence-corrected chi connectivity index (χ4v) is 5.85. The van der Waals surface area contributed by atoms with Crippen LogP contribution >= 0.6 is 43.2 Å². The molecule has 0 aliphatic heterocycles. The third-order valence-corrected chi connectivity index (χ3v) is 6.65. The number of hydrogen-bond acceptors (Lipinski definition) is 2. The highest BCUT2D eigenvalue weighted by atomic mass is 79.9. The van der Waals surface area contributed by atoms with E-state index in [1.807, 2.05) is 6.07 Å². The van der Waals surface area contributed by atoms with Gasteiger partial charge in [0.2, 0.25) is 0 Å². The van der Waals surface area contributed by atoms with Crippen molar-refractivity contribution in [1.82, 2.24) is 4.90 Å². The van der Waals surface area contributed by atoms with Gasteiger partial charge in [0.05, 0.1) is 13.1 Å². The van der Waals surface area contributed by atoms with Gasteiger partial charge in [-0.1, -0.05) is 19.3 Å². The minimum atomic E-state index is 0.215. The molecular weight excluding hydrogens is 402 g/mol. The topological polar surface area (TPSA) is 20.3 Å². The van der Waals surface area contributed by atoms with Crippen LogP contribution in [0, 0.1) is 5.92 Å². The molecule has 3 rings (SSSR count). The smallest absolute Gasteiger partial charge is 0.256 e. The number of nitrogens with zero attached hydrogens (tertiary/aromatic N) is 1. The highest BCUT2D eigenvalue weighted by Gasteiger charge is 2.35. The van der Waals surface area contributed by atoms with Crippen molar-refractivity contribution >= 4 is 49.1 Å². The lowest BCUT2D eigenvalue weighted by Crippen LogP contribution is -2.37. The van der Waals surface area contributed by atoms with Crippen molar-refractivity contribution in [2.45, 2.75) is 51.0 Å². The minimum Gasteiger partial charge on any atom is -0.335 e. The second-order valence-corrected chi connectivity index (χ2v) is 9.68. The van der Waals surface area contributed by atoms with Crippen molar-refractivity contribution in [3.8, 4) is 0 Å². The van der Waals surface area contributed by atoms with Crippen molar-refractivity contribution in [3.05, 3.63) is 19.2 Å². The average Bonchev–Trinajstić information content (AvgIpc) is 3.22. The van der Waals surface area contributed by atoms with Gasteiger partial charge in [-0.2, -0.15) is 0 Å². The molecule has 0 atom stereocenters. The second-order valence-electron chi connectivity index (χ2n) is 5.93. The normalized spacial score (nSPS) is 20.1. The molecule has 1 aromatic heterocycles. The molecule has 0 bridgehead atoms. The van der Waals surface area contributed by atoms with Crippen LogP contribution in [0.1, 0.15) is 55.3 Å². The van der Waals surface area contributed by atoms with E-state index in [-0.39, 0.29) is 5.91 Å². The molecule has 20 heavy (non-hydrogen) atoms. The van der Waals surface area contributed by atoms with Gasteiger partial charge >= 0.3 is 0 Å². The molecule has 1 heterocycles. The van der Waals surface area contributed by atoms with Gasteiger partial charge in [-0.05, 0) is 69.5 Å². The Bertz CT molecular complexity index is 492. The van der Waals surface area contributed by atoms with Gasteiger partial charge in [0.15, 0.2) is 0 Å². The van der Waals surface area contributed by atoms with Gasteiger partial charge < -0.3 is 4.90 Å². The van der Waals surface area contributed by atoms with E-state index in [0.29, 0.717) is 12.0 Å². The van der Waals surface area contributed by atoms with Crippen LogP contribution in [0.5, 0.6) is 0 Å². The second kappa shape index (κ2) is 6.49. The Morgan fingerprint density at radius 3 is 2.45 bits per heavy atom. The van der Waals surface area contributed by atoms with E-state index >= 15 is 0 Å². The number of rotatable bonds is 4. The Hall–Kier alpha value is 0.130. The van der Waals surface area contributed by atoms with Crippen molar-refractivity contribution in [2.75, 3.05) is 6.54 Å². The molecule has 5 heteroatoms. The molecule has 1 aromatic rings. The molecule has 0 saturated heterocycles. The summed E-state index contributed by atoms with van der Waals surface area (Å²) in [6, 6.07) is 2.45. The summed E-state index contributed by atoms with van der Waals surface area (Å²) in [5.74, 6) is 0.932. The summed E-state index contributed by atoms with van der Waals surface area (Å²) in [5, 5.41) is 0. The number of carbonyl (C=O) groups excluding carboxylic acids is 1. The number of hydrogen-bond donors (Lipinski definition) is 0. The Morgan fingerprint density at radius 2 is 1.90 bits per heavy atom. The fourth-order valence-electron chi connectivity index (χ4n) is 3.07.